The van der Waals surface area contributed by atoms with Gasteiger partial charge in [0.05, 0.1) is 5.57 Å². The van der Waals surface area contributed by atoms with Crippen LogP contribution in [0.1, 0.15) is 34.6 Å². The highest BCUT2D eigenvalue weighted by Gasteiger charge is 2.40. The van der Waals surface area contributed by atoms with Crippen LogP contribution in [0.4, 0.5) is 0 Å². The van der Waals surface area contributed by atoms with Gasteiger partial charge in [-0.25, -0.2) is 0 Å². The van der Waals surface area contributed by atoms with Gasteiger partial charge in [-0.2, -0.15) is 0 Å². The zero-order valence-corrected chi connectivity index (χ0v) is 9.51. The first kappa shape index (κ1) is 11.1. The van der Waals surface area contributed by atoms with E-state index in [-0.39, 0.29) is 29.1 Å². The Morgan fingerprint density at radius 3 is 2.07 bits per heavy atom. The third-order valence-electron chi connectivity index (χ3n) is 2.37. The highest BCUT2D eigenvalue weighted by atomic mass is 16.5. The van der Waals surface area contributed by atoms with E-state index in [9.17, 15) is 5.11 Å². The van der Waals surface area contributed by atoms with E-state index >= 15 is 0 Å². The quantitative estimate of drug-likeness (QED) is 0.679. The van der Waals surface area contributed by atoms with Gasteiger partial charge < -0.3 is 9.84 Å². The topological polar surface area (TPSA) is 53.3 Å². The van der Waals surface area contributed by atoms with Crippen LogP contribution >= 0.6 is 0 Å². The Balaban J connectivity index is 3.05. The van der Waals surface area contributed by atoms with Gasteiger partial charge in [0.2, 0.25) is 5.90 Å². The molecule has 1 unspecified atom stereocenters. The molecule has 1 atom stereocenters. The number of aliphatic hydroxyl groups is 1. The second kappa shape index (κ2) is 3.30. The number of hydrogen-bond donors (Lipinski definition) is 2. The van der Waals surface area contributed by atoms with Crippen molar-refractivity contribution in [3.8, 4) is 0 Å². The van der Waals surface area contributed by atoms with Gasteiger partial charge in [0.25, 0.3) is 0 Å². The molecule has 0 spiro atoms. The third kappa shape index (κ3) is 1.76. The van der Waals surface area contributed by atoms with Gasteiger partial charge in [-0.3, -0.25) is 5.41 Å². The first-order valence-electron chi connectivity index (χ1n) is 4.93. The summed E-state index contributed by atoms with van der Waals surface area (Å²) in [5, 5.41) is 17.6. The molecule has 3 nitrogen and oxygen atoms in total. The summed E-state index contributed by atoms with van der Waals surface area (Å²) in [5.74, 6) is 0.491. The van der Waals surface area contributed by atoms with Crippen molar-refractivity contribution in [1.82, 2.24) is 0 Å². The Labute approximate surface area is 85.3 Å². The van der Waals surface area contributed by atoms with E-state index in [2.05, 4.69) is 0 Å². The van der Waals surface area contributed by atoms with Crippen molar-refractivity contribution < 1.29 is 9.84 Å². The molecule has 3 heteroatoms. The molecule has 0 aromatic rings. The monoisotopic (exact) mass is 197 g/mol. The molecular formula is C11H19NO2. The Kier molecular flexibility index (Phi) is 2.61. The highest BCUT2D eigenvalue weighted by molar-refractivity contribution is 5.94. The summed E-state index contributed by atoms with van der Waals surface area (Å²) in [6.07, 6.45) is -0.368. The molecule has 0 aromatic heterocycles. The zero-order chi connectivity index (χ0) is 11.1. The molecule has 1 rings (SSSR count). The van der Waals surface area contributed by atoms with E-state index in [1.807, 2.05) is 34.6 Å². The first-order valence-corrected chi connectivity index (χ1v) is 4.93. The average molecular weight is 197 g/mol. The number of nitrogens with one attached hydrogen (secondary N) is 1. The molecule has 1 aliphatic heterocycles. The maximum absolute atomic E-state index is 9.94. The molecule has 0 aromatic carbocycles. The van der Waals surface area contributed by atoms with E-state index < -0.39 is 0 Å². The minimum Gasteiger partial charge on any atom is -0.508 e. The fourth-order valence-corrected chi connectivity index (χ4v) is 1.64. The van der Waals surface area contributed by atoms with Crippen molar-refractivity contribution >= 4 is 5.90 Å². The minimum atomic E-state index is -0.368. The van der Waals surface area contributed by atoms with Crippen molar-refractivity contribution in [2.24, 2.45) is 11.3 Å². The fraction of sp³-hybridized carbons (Fsp3) is 0.727. The summed E-state index contributed by atoms with van der Waals surface area (Å²) in [6.45, 7) is 9.88. The van der Waals surface area contributed by atoms with Crippen molar-refractivity contribution in [3.63, 3.8) is 0 Å². The van der Waals surface area contributed by atoms with Gasteiger partial charge in [0, 0.05) is 5.41 Å². The molecule has 2 N–H and O–H groups in total. The van der Waals surface area contributed by atoms with Gasteiger partial charge in [0.1, 0.15) is 5.76 Å². The highest BCUT2D eigenvalue weighted by Crippen LogP contribution is 2.36. The molecule has 0 fully saturated rings. The molecule has 1 heterocycles. The maximum atomic E-state index is 9.94. The fourth-order valence-electron chi connectivity index (χ4n) is 1.64. The van der Waals surface area contributed by atoms with Crippen LogP contribution in [-0.4, -0.2) is 17.1 Å². The molecule has 14 heavy (non-hydrogen) atoms. The lowest BCUT2D eigenvalue weighted by Gasteiger charge is -2.25. The average Bonchev–Trinajstić information content (AvgIpc) is 2.24. The van der Waals surface area contributed by atoms with E-state index in [1.54, 1.807) is 0 Å². The van der Waals surface area contributed by atoms with Gasteiger partial charge >= 0.3 is 0 Å². The van der Waals surface area contributed by atoms with E-state index in [0.29, 0.717) is 5.57 Å². The van der Waals surface area contributed by atoms with Crippen molar-refractivity contribution in [1.29, 1.82) is 5.41 Å². The Morgan fingerprint density at radius 2 is 1.86 bits per heavy atom. The minimum absolute atomic E-state index is 0.123. The van der Waals surface area contributed by atoms with Crippen LogP contribution < -0.4 is 0 Å². The summed E-state index contributed by atoms with van der Waals surface area (Å²) < 4.78 is 5.37. The number of rotatable bonds is 1. The molecule has 0 saturated carbocycles. The summed E-state index contributed by atoms with van der Waals surface area (Å²) in [5.41, 5.74) is 0.470. The van der Waals surface area contributed by atoms with Gasteiger partial charge in [-0.1, -0.05) is 34.6 Å². The molecule has 0 aliphatic carbocycles. The largest absolute Gasteiger partial charge is 0.508 e. The lowest BCUT2D eigenvalue weighted by molar-refractivity contribution is 0.0822. The molecule has 0 saturated heterocycles. The van der Waals surface area contributed by atoms with Crippen LogP contribution in [0.2, 0.25) is 0 Å². The standard InChI is InChI=1S/C11H19NO2/c1-6(2)7-8(13)9(11(3,4)5)14-10(7)12/h6,9,12-13H,1-5H3. The second-order valence-electron chi connectivity index (χ2n) is 5.15. The SMILES string of the molecule is CC(C)C1=C(O)C(C(C)(C)C)OC1=N. The number of ether oxygens (including phenoxy) is 1. The Hall–Kier alpha value is -0.990. The van der Waals surface area contributed by atoms with E-state index in [4.69, 9.17) is 10.1 Å². The maximum Gasteiger partial charge on any atom is 0.213 e. The predicted octanol–water partition coefficient (Wildman–Crippen LogP) is 2.88. The van der Waals surface area contributed by atoms with Crippen molar-refractivity contribution in [2.75, 3.05) is 0 Å². The summed E-state index contributed by atoms with van der Waals surface area (Å²) in [7, 11) is 0. The molecule has 1 aliphatic rings. The lowest BCUT2D eigenvalue weighted by Crippen LogP contribution is -2.28. The summed E-state index contributed by atoms with van der Waals surface area (Å²) in [6, 6.07) is 0. The summed E-state index contributed by atoms with van der Waals surface area (Å²) >= 11 is 0. The first-order chi connectivity index (χ1) is 6.25. The smallest absolute Gasteiger partial charge is 0.213 e. The molecule has 0 amide bonds. The number of aliphatic hydroxyl groups excluding tert-OH is 1. The van der Waals surface area contributed by atoms with Crippen LogP contribution in [0.3, 0.4) is 0 Å². The van der Waals surface area contributed by atoms with Crippen LogP contribution in [0.15, 0.2) is 11.3 Å². The molecular weight excluding hydrogens is 178 g/mol. The van der Waals surface area contributed by atoms with Gasteiger partial charge in [-0.15, -0.1) is 0 Å². The normalized spacial score (nSPS) is 23.3. The van der Waals surface area contributed by atoms with Crippen LogP contribution in [-0.2, 0) is 4.74 Å². The van der Waals surface area contributed by atoms with Crippen LogP contribution in [0.25, 0.3) is 0 Å². The number of hydrogen-bond acceptors (Lipinski definition) is 3. The van der Waals surface area contributed by atoms with Crippen LogP contribution in [0, 0.1) is 16.7 Å². The zero-order valence-electron chi connectivity index (χ0n) is 9.51. The second-order valence-corrected chi connectivity index (χ2v) is 5.15. The van der Waals surface area contributed by atoms with Gasteiger partial charge in [0.15, 0.2) is 6.10 Å². The van der Waals surface area contributed by atoms with Gasteiger partial charge in [-0.05, 0) is 5.92 Å². The molecule has 0 radical (unpaired) electrons. The lowest BCUT2D eigenvalue weighted by atomic mass is 9.86. The van der Waals surface area contributed by atoms with E-state index in [0.717, 1.165) is 0 Å². The van der Waals surface area contributed by atoms with Crippen molar-refractivity contribution in [3.05, 3.63) is 11.3 Å². The Morgan fingerprint density at radius 1 is 1.36 bits per heavy atom. The summed E-state index contributed by atoms with van der Waals surface area (Å²) in [4.78, 5) is 0. The van der Waals surface area contributed by atoms with Crippen LogP contribution in [0.5, 0.6) is 0 Å². The molecule has 80 valence electrons. The van der Waals surface area contributed by atoms with E-state index in [1.165, 1.54) is 0 Å². The third-order valence-corrected chi connectivity index (χ3v) is 2.37. The Bertz CT molecular complexity index is 284. The molecule has 0 bridgehead atoms. The van der Waals surface area contributed by atoms with Crippen molar-refractivity contribution in [2.45, 2.75) is 40.7 Å². The predicted molar refractivity (Wildman–Crippen MR) is 56.5 cm³/mol.